The molecule has 1 aromatic rings. The van der Waals surface area contributed by atoms with E-state index in [1.165, 1.54) is 11.1 Å². The zero-order valence-electron chi connectivity index (χ0n) is 8.31. The fraction of sp³-hybridized carbons (Fsp3) is 0.455. The van der Waals surface area contributed by atoms with Crippen molar-refractivity contribution >= 4 is 11.6 Å². The van der Waals surface area contributed by atoms with Crippen LogP contribution in [0.3, 0.4) is 0 Å². The SMILES string of the molecule is CC1(N)CNCCc2ccc(Cl)cc21. The van der Waals surface area contributed by atoms with Crippen molar-refractivity contribution in [2.45, 2.75) is 18.9 Å². The van der Waals surface area contributed by atoms with Crippen LogP contribution in [-0.2, 0) is 12.0 Å². The van der Waals surface area contributed by atoms with E-state index in [9.17, 15) is 0 Å². The highest BCUT2D eigenvalue weighted by Gasteiger charge is 2.26. The van der Waals surface area contributed by atoms with E-state index < -0.39 is 0 Å². The van der Waals surface area contributed by atoms with E-state index in [4.69, 9.17) is 17.3 Å². The minimum absolute atomic E-state index is 0.309. The quantitative estimate of drug-likeness (QED) is 0.684. The number of rotatable bonds is 0. The minimum Gasteiger partial charge on any atom is -0.321 e. The number of nitrogens with one attached hydrogen (secondary N) is 1. The smallest absolute Gasteiger partial charge is 0.0510 e. The van der Waals surface area contributed by atoms with Crippen molar-refractivity contribution in [3.05, 3.63) is 34.3 Å². The number of benzene rings is 1. The highest BCUT2D eigenvalue weighted by molar-refractivity contribution is 6.30. The summed E-state index contributed by atoms with van der Waals surface area (Å²) in [6.45, 7) is 3.84. The summed E-state index contributed by atoms with van der Waals surface area (Å²) < 4.78 is 0. The molecule has 0 amide bonds. The van der Waals surface area contributed by atoms with Crippen molar-refractivity contribution in [3.8, 4) is 0 Å². The lowest BCUT2D eigenvalue weighted by Crippen LogP contribution is -2.42. The lowest BCUT2D eigenvalue weighted by atomic mass is 9.89. The first-order valence-corrected chi connectivity index (χ1v) is 5.26. The van der Waals surface area contributed by atoms with Crippen LogP contribution in [0.25, 0.3) is 0 Å². The Labute approximate surface area is 89.4 Å². The third kappa shape index (κ3) is 1.78. The first-order chi connectivity index (χ1) is 6.59. The van der Waals surface area contributed by atoms with Gasteiger partial charge in [0.2, 0.25) is 0 Å². The second kappa shape index (κ2) is 3.54. The lowest BCUT2D eigenvalue weighted by molar-refractivity contribution is 0.463. The van der Waals surface area contributed by atoms with Gasteiger partial charge in [-0.15, -0.1) is 0 Å². The van der Waals surface area contributed by atoms with Crippen LogP contribution in [0.15, 0.2) is 18.2 Å². The molecule has 14 heavy (non-hydrogen) atoms. The third-order valence-corrected chi connectivity index (χ3v) is 2.99. The van der Waals surface area contributed by atoms with Crippen LogP contribution in [0, 0.1) is 0 Å². The van der Waals surface area contributed by atoms with Gasteiger partial charge in [-0.1, -0.05) is 17.7 Å². The highest BCUT2D eigenvalue weighted by atomic mass is 35.5. The molecule has 76 valence electrons. The molecule has 1 aliphatic rings. The van der Waals surface area contributed by atoms with Crippen molar-refractivity contribution in [1.82, 2.24) is 5.32 Å². The van der Waals surface area contributed by atoms with Gasteiger partial charge in [-0.2, -0.15) is 0 Å². The van der Waals surface area contributed by atoms with Gasteiger partial charge in [-0.25, -0.2) is 0 Å². The van der Waals surface area contributed by atoms with Gasteiger partial charge in [0, 0.05) is 11.6 Å². The molecular weight excluding hydrogens is 196 g/mol. The van der Waals surface area contributed by atoms with E-state index in [1.54, 1.807) is 0 Å². The topological polar surface area (TPSA) is 38.0 Å². The Balaban J connectivity index is 2.52. The second-order valence-electron chi connectivity index (χ2n) is 4.15. The van der Waals surface area contributed by atoms with Crippen molar-refractivity contribution in [3.63, 3.8) is 0 Å². The van der Waals surface area contributed by atoms with E-state index in [-0.39, 0.29) is 5.54 Å². The normalized spacial score (nSPS) is 26.8. The molecule has 0 bridgehead atoms. The minimum atomic E-state index is -0.309. The summed E-state index contributed by atoms with van der Waals surface area (Å²) in [5.74, 6) is 0. The predicted octanol–water partition coefficient (Wildman–Crippen LogP) is 1.66. The molecule has 1 heterocycles. The zero-order valence-corrected chi connectivity index (χ0v) is 9.06. The maximum absolute atomic E-state index is 6.24. The van der Waals surface area contributed by atoms with E-state index >= 15 is 0 Å². The number of nitrogens with two attached hydrogens (primary N) is 1. The van der Waals surface area contributed by atoms with Crippen molar-refractivity contribution in [1.29, 1.82) is 0 Å². The molecule has 1 unspecified atom stereocenters. The van der Waals surface area contributed by atoms with Crippen LogP contribution in [0.2, 0.25) is 5.02 Å². The van der Waals surface area contributed by atoms with E-state index in [0.29, 0.717) is 0 Å². The van der Waals surface area contributed by atoms with Crippen LogP contribution in [0.1, 0.15) is 18.1 Å². The Hall–Kier alpha value is -0.570. The molecule has 1 aromatic carbocycles. The Kier molecular flexibility index (Phi) is 2.52. The van der Waals surface area contributed by atoms with Crippen LogP contribution in [-0.4, -0.2) is 13.1 Å². The molecule has 0 radical (unpaired) electrons. The van der Waals surface area contributed by atoms with Crippen LogP contribution in [0.4, 0.5) is 0 Å². The van der Waals surface area contributed by atoms with Gasteiger partial charge in [0.05, 0.1) is 5.54 Å². The molecule has 0 saturated heterocycles. The lowest BCUT2D eigenvalue weighted by Gasteiger charge is -2.25. The standard InChI is InChI=1S/C11H15ClN2/c1-11(13)7-14-5-4-8-2-3-9(12)6-10(8)11/h2-3,6,14H,4-5,7,13H2,1H3. The van der Waals surface area contributed by atoms with E-state index in [1.807, 2.05) is 19.1 Å². The molecule has 0 aromatic heterocycles. The Bertz CT molecular complexity index is 347. The summed E-state index contributed by atoms with van der Waals surface area (Å²) in [6.07, 6.45) is 1.03. The molecule has 3 N–H and O–H groups in total. The van der Waals surface area contributed by atoms with Gasteiger partial charge in [0.15, 0.2) is 0 Å². The number of hydrogen-bond donors (Lipinski definition) is 2. The fourth-order valence-electron chi connectivity index (χ4n) is 1.96. The summed E-state index contributed by atoms with van der Waals surface area (Å²) in [4.78, 5) is 0. The number of hydrogen-bond acceptors (Lipinski definition) is 2. The first kappa shape index (κ1) is 9.97. The van der Waals surface area contributed by atoms with E-state index in [0.717, 1.165) is 24.5 Å². The maximum atomic E-state index is 6.24. The Morgan fingerprint density at radius 2 is 2.29 bits per heavy atom. The average Bonchev–Trinajstić information content (AvgIpc) is 2.26. The van der Waals surface area contributed by atoms with Crippen molar-refractivity contribution in [2.24, 2.45) is 5.73 Å². The zero-order chi connectivity index (χ0) is 10.2. The maximum Gasteiger partial charge on any atom is 0.0510 e. The van der Waals surface area contributed by atoms with E-state index in [2.05, 4.69) is 11.4 Å². The first-order valence-electron chi connectivity index (χ1n) is 4.88. The summed E-state index contributed by atoms with van der Waals surface area (Å²) in [5, 5.41) is 4.10. The Morgan fingerprint density at radius 3 is 3.07 bits per heavy atom. The molecule has 0 spiro atoms. The van der Waals surface area contributed by atoms with Gasteiger partial charge in [0.25, 0.3) is 0 Å². The molecule has 0 fully saturated rings. The molecule has 0 saturated carbocycles. The second-order valence-corrected chi connectivity index (χ2v) is 4.58. The van der Waals surface area contributed by atoms with Gasteiger partial charge < -0.3 is 11.1 Å². The van der Waals surface area contributed by atoms with Crippen LogP contribution < -0.4 is 11.1 Å². The third-order valence-electron chi connectivity index (χ3n) is 2.75. The Morgan fingerprint density at radius 1 is 1.50 bits per heavy atom. The molecular formula is C11H15ClN2. The number of halogens is 1. The summed E-state index contributed by atoms with van der Waals surface area (Å²) in [6, 6.07) is 6.00. The van der Waals surface area contributed by atoms with Gasteiger partial charge in [0.1, 0.15) is 0 Å². The average molecular weight is 211 g/mol. The largest absolute Gasteiger partial charge is 0.321 e. The molecule has 2 nitrogen and oxygen atoms in total. The van der Waals surface area contributed by atoms with Gasteiger partial charge >= 0.3 is 0 Å². The van der Waals surface area contributed by atoms with Crippen LogP contribution in [0.5, 0.6) is 0 Å². The van der Waals surface area contributed by atoms with Crippen molar-refractivity contribution < 1.29 is 0 Å². The monoisotopic (exact) mass is 210 g/mol. The molecule has 1 atom stereocenters. The predicted molar refractivity (Wildman–Crippen MR) is 59.6 cm³/mol. The summed E-state index contributed by atoms with van der Waals surface area (Å²) >= 11 is 5.98. The van der Waals surface area contributed by atoms with Gasteiger partial charge in [-0.05, 0) is 43.1 Å². The molecule has 0 aliphatic carbocycles. The summed E-state index contributed by atoms with van der Waals surface area (Å²) in [5.41, 5.74) is 8.41. The van der Waals surface area contributed by atoms with Crippen LogP contribution >= 0.6 is 11.6 Å². The highest BCUT2D eigenvalue weighted by Crippen LogP contribution is 2.26. The van der Waals surface area contributed by atoms with Crippen molar-refractivity contribution in [2.75, 3.05) is 13.1 Å². The fourth-order valence-corrected chi connectivity index (χ4v) is 2.14. The van der Waals surface area contributed by atoms with Gasteiger partial charge in [-0.3, -0.25) is 0 Å². The summed E-state index contributed by atoms with van der Waals surface area (Å²) in [7, 11) is 0. The molecule has 2 rings (SSSR count). The molecule has 1 aliphatic heterocycles. The number of fused-ring (bicyclic) bond motifs is 1. The molecule has 3 heteroatoms.